The number of hydrogen-bond donors (Lipinski definition) is 0. The van der Waals surface area contributed by atoms with Crippen molar-refractivity contribution >= 4 is 12.1 Å². The van der Waals surface area contributed by atoms with Crippen LogP contribution in [0.25, 0.3) is 0 Å². The first-order valence-electron chi connectivity index (χ1n) is 9.70. The van der Waals surface area contributed by atoms with Gasteiger partial charge in [0, 0.05) is 13.1 Å². The van der Waals surface area contributed by atoms with Crippen LogP contribution in [0, 0.1) is 5.41 Å². The van der Waals surface area contributed by atoms with E-state index in [1.165, 1.54) is 7.11 Å². The highest BCUT2D eigenvalue weighted by Crippen LogP contribution is 2.39. The van der Waals surface area contributed by atoms with Crippen molar-refractivity contribution < 1.29 is 19.1 Å². The number of likely N-dealkylation sites (tertiary alicyclic amines) is 1. The van der Waals surface area contributed by atoms with Gasteiger partial charge in [-0.15, -0.1) is 6.58 Å². The summed E-state index contributed by atoms with van der Waals surface area (Å²) in [4.78, 5) is 26.6. The molecule has 0 aromatic carbocycles. The molecule has 1 aliphatic rings. The molecule has 0 aliphatic carbocycles. The van der Waals surface area contributed by atoms with Crippen LogP contribution in [0.5, 0.6) is 0 Å². The lowest BCUT2D eigenvalue weighted by Gasteiger charge is -2.40. The lowest BCUT2D eigenvalue weighted by atomic mass is 9.73. The number of allylic oxidation sites excluding steroid dienone is 5. The van der Waals surface area contributed by atoms with Crippen molar-refractivity contribution in [2.75, 3.05) is 20.2 Å². The van der Waals surface area contributed by atoms with E-state index in [9.17, 15) is 9.59 Å². The molecule has 1 saturated heterocycles. The van der Waals surface area contributed by atoms with Crippen LogP contribution in [0.4, 0.5) is 4.79 Å². The third-order valence-corrected chi connectivity index (χ3v) is 4.63. The minimum atomic E-state index is -0.604. The third kappa shape index (κ3) is 7.24. The number of ether oxygens (including phenoxy) is 2. The van der Waals surface area contributed by atoms with Gasteiger partial charge in [0.2, 0.25) is 0 Å². The molecule has 152 valence electrons. The SMILES string of the molecule is C=CC/C=C\C(=C/CC)CC1(C(=O)OC)CCN(C(=O)OC(C)(C)C)CC1. The lowest BCUT2D eigenvalue weighted by Crippen LogP contribution is -2.48. The van der Waals surface area contributed by atoms with Crippen LogP contribution in [-0.2, 0) is 14.3 Å². The fourth-order valence-corrected chi connectivity index (χ4v) is 3.28. The summed E-state index contributed by atoms with van der Waals surface area (Å²) in [5.74, 6) is -0.203. The molecule has 5 heteroatoms. The molecule has 0 atom stereocenters. The molecule has 0 aromatic rings. The van der Waals surface area contributed by atoms with Crippen molar-refractivity contribution in [3.63, 3.8) is 0 Å². The van der Waals surface area contributed by atoms with Crippen molar-refractivity contribution in [3.05, 3.63) is 36.5 Å². The molecule has 5 nitrogen and oxygen atoms in total. The third-order valence-electron chi connectivity index (χ3n) is 4.63. The van der Waals surface area contributed by atoms with E-state index in [2.05, 4.69) is 31.7 Å². The maximum absolute atomic E-state index is 12.6. The Morgan fingerprint density at radius 2 is 1.85 bits per heavy atom. The minimum absolute atomic E-state index is 0.203. The summed E-state index contributed by atoms with van der Waals surface area (Å²) in [7, 11) is 1.43. The summed E-state index contributed by atoms with van der Waals surface area (Å²) in [6.07, 6.45) is 11.2. The molecular formula is C22H35NO4. The highest BCUT2D eigenvalue weighted by atomic mass is 16.6. The molecule has 1 rings (SSSR count). The van der Waals surface area contributed by atoms with Gasteiger partial charge in [0.15, 0.2) is 0 Å². The summed E-state index contributed by atoms with van der Waals surface area (Å²) >= 11 is 0. The van der Waals surface area contributed by atoms with Gasteiger partial charge in [-0.2, -0.15) is 0 Å². The monoisotopic (exact) mass is 377 g/mol. The summed E-state index contributed by atoms with van der Waals surface area (Å²) in [6, 6.07) is 0. The summed E-state index contributed by atoms with van der Waals surface area (Å²) < 4.78 is 10.6. The fourth-order valence-electron chi connectivity index (χ4n) is 3.28. The number of methoxy groups -OCH3 is 1. The number of piperidine rings is 1. The summed E-state index contributed by atoms with van der Waals surface area (Å²) in [6.45, 7) is 12.3. The largest absolute Gasteiger partial charge is 0.469 e. The van der Waals surface area contributed by atoms with Gasteiger partial charge in [-0.3, -0.25) is 4.79 Å². The van der Waals surface area contributed by atoms with Crippen LogP contribution in [0.2, 0.25) is 0 Å². The molecule has 1 amide bonds. The van der Waals surface area contributed by atoms with E-state index in [-0.39, 0.29) is 12.1 Å². The molecular weight excluding hydrogens is 342 g/mol. The summed E-state index contributed by atoms with van der Waals surface area (Å²) in [5.41, 5.74) is -0.0104. The van der Waals surface area contributed by atoms with E-state index in [1.54, 1.807) is 4.90 Å². The second kappa shape index (κ2) is 10.3. The maximum Gasteiger partial charge on any atom is 0.410 e. The standard InChI is InChI=1S/C22H35NO4/c1-7-9-10-12-18(11-8-2)17-22(19(24)26-6)13-15-23(16-14-22)20(25)27-21(3,4)5/h7,10-12H,1,8-9,13-17H2,2-6H3/b12-10-,18-11+. The van der Waals surface area contributed by atoms with Crippen LogP contribution in [0.15, 0.2) is 36.5 Å². The predicted octanol–water partition coefficient (Wildman–Crippen LogP) is 5.04. The van der Waals surface area contributed by atoms with Crippen LogP contribution >= 0.6 is 0 Å². The number of nitrogens with zero attached hydrogens (tertiary/aromatic N) is 1. The second-order valence-electron chi connectivity index (χ2n) is 8.03. The van der Waals surface area contributed by atoms with Gasteiger partial charge in [0.25, 0.3) is 0 Å². The average molecular weight is 378 g/mol. The first-order chi connectivity index (χ1) is 12.7. The van der Waals surface area contributed by atoms with Crippen LogP contribution < -0.4 is 0 Å². The molecule has 0 bridgehead atoms. The second-order valence-corrected chi connectivity index (χ2v) is 8.03. The van der Waals surface area contributed by atoms with Gasteiger partial charge < -0.3 is 14.4 Å². The van der Waals surface area contributed by atoms with Crippen molar-refractivity contribution in [2.45, 2.75) is 65.4 Å². The molecule has 0 radical (unpaired) electrons. The molecule has 27 heavy (non-hydrogen) atoms. The van der Waals surface area contributed by atoms with E-state index < -0.39 is 11.0 Å². The Morgan fingerprint density at radius 3 is 2.33 bits per heavy atom. The van der Waals surface area contributed by atoms with Gasteiger partial charge in [-0.05, 0) is 52.9 Å². The van der Waals surface area contributed by atoms with Crippen molar-refractivity contribution in [1.29, 1.82) is 0 Å². The molecule has 0 N–H and O–H groups in total. The lowest BCUT2D eigenvalue weighted by molar-refractivity contribution is -0.155. The number of carbonyl (C=O) groups excluding carboxylic acids is 2. The van der Waals surface area contributed by atoms with Crippen molar-refractivity contribution in [1.82, 2.24) is 4.90 Å². The van der Waals surface area contributed by atoms with E-state index in [4.69, 9.17) is 9.47 Å². The normalized spacial score (nSPS) is 17.7. The topological polar surface area (TPSA) is 55.8 Å². The van der Waals surface area contributed by atoms with Crippen LogP contribution in [-0.4, -0.2) is 42.8 Å². The van der Waals surface area contributed by atoms with E-state index >= 15 is 0 Å². The highest BCUT2D eigenvalue weighted by Gasteiger charge is 2.44. The number of rotatable bonds is 7. The Balaban J connectivity index is 2.91. The maximum atomic E-state index is 12.6. The van der Waals surface area contributed by atoms with E-state index in [0.29, 0.717) is 32.4 Å². The molecule has 0 spiro atoms. The predicted molar refractivity (Wildman–Crippen MR) is 108 cm³/mol. The van der Waals surface area contributed by atoms with Gasteiger partial charge in [0.1, 0.15) is 5.60 Å². The average Bonchev–Trinajstić information content (AvgIpc) is 2.60. The number of carbonyl (C=O) groups is 2. The Bertz CT molecular complexity index is 576. The summed E-state index contributed by atoms with van der Waals surface area (Å²) in [5, 5.41) is 0. The molecule has 0 unspecified atom stereocenters. The molecule has 0 aromatic heterocycles. The molecule has 0 saturated carbocycles. The first kappa shape index (κ1) is 23.0. The van der Waals surface area contributed by atoms with Crippen molar-refractivity contribution in [3.8, 4) is 0 Å². The smallest absolute Gasteiger partial charge is 0.410 e. The Kier molecular flexibility index (Phi) is 8.80. The number of hydrogen-bond acceptors (Lipinski definition) is 4. The van der Waals surface area contributed by atoms with Gasteiger partial charge in [-0.25, -0.2) is 4.79 Å². The Labute approximate surface area is 164 Å². The quantitative estimate of drug-likeness (QED) is 0.354. The minimum Gasteiger partial charge on any atom is -0.469 e. The zero-order chi connectivity index (χ0) is 20.5. The number of amides is 1. The molecule has 1 fully saturated rings. The Morgan fingerprint density at radius 1 is 1.22 bits per heavy atom. The Hall–Kier alpha value is -2.04. The van der Waals surface area contributed by atoms with Gasteiger partial charge >= 0.3 is 12.1 Å². The zero-order valence-electron chi connectivity index (χ0n) is 17.5. The van der Waals surface area contributed by atoms with Gasteiger partial charge in [-0.1, -0.05) is 36.8 Å². The van der Waals surface area contributed by atoms with Crippen molar-refractivity contribution in [2.24, 2.45) is 5.41 Å². The van der Waals surface area contributed by atoms with E-state index in [1.807, 2.05) is 26.8 Å². The fraction of sp³-hybridized carbons (Fsp3) is 0.636. The zero-order valence-corrected chi connectivity index (χ0v) is 17.5. The molecule has 1 heterocycles. The molecule has 1 aliphatic heterocycles. The van der Waals surface area contributed by atoms with Crippen LogP contribution in [0.3, 0.4) is 0 Å². The number of esters is 1. The van der Waals surface area contributed by atoms with E-state index in [0.717, 1.165) is 18.4 Å². The van der Waals surface area contributed by atoms with Crippen LogP contribution in [0.1, 0.15) is 59.8 Å². The van der Waals surface area contributed by atoms with Gasteiger partial charge in [0.05, 0.1) is 12.5 Å². The first-order valence-corrected chi connectivity index (χ1v) is 9.70. The highest BCUT2D eigenvalue weighted by molar-refractivity contribution is 5.78.